The molecule has 0 aromatic rings. The number of hydrogen-bond donors (Lipinski definition) is 15. The number of ketones is 2. The summed E-state index contributed by atoms with van der Waals surface area (Å²) in [5.41, 5.74) is 0. The number of hydrogen-bond acceptors (Lipinski definition) is 18. The molecule has 0 aromatic heterocycles. The minimum absolute atomic E-state index is 0.0258. The fourth-order valence-electron chi connectivity index (χ4n) is 1.82. The van der Waals surface area contributed by atoms with Crippen LogP contribution in [0.1, 0.15) is 0 Å². The summed E-state index contributed by atoms with van der Waals surface area (Å²) in [7, 11) is 0. The van der Waals surface area contributed by atoms with E-state index in [2.05, 4.69) is 0 Å². The fraction of sp³-hybridized carbons (Fsp3) is 0.833. The highest BCUT2D eigenvalue weighted by atomic mass is 16.4. The zero-order chi connectivity index (χ0) is 29.2. The minimum atomic E-state index is -1.86. The summed E-state index contributed by atoms with van der Waals surface area (Å²) in [6.45, 7) is -4.13. The van der Waals surface area contributed by atoms with Gasteiger partial charge in [-0.2, -0.15) is 0 Å². The molecule has 10 atom stereocenters. The van der Waals surface area contributed by atoms with Crippen molar-refractivity contribution in [3.63, 3.8) is 0 Å². The lowest BCUT2D eigenvalue weighted by atomic mass is 10.0. The van der Waals surface area contributed by atoms with Crippen molar-refractivity contribution < 1.29 is 91.0 Å². The molecule has 36 heavy (non-hydrogen) atoms. The molecule has 18 heteroatoms. The van der Waals surface area contributed by atoms with E-state index in [1.165, 1.54) is 0 Å². The summed E-state index contributed by atoms with van der Waals surface area (Å²) < 4.78 is 0. The third-order valence-corrected chi connectivity index (χ3v) is 4.20. The van der Waals surface area contributed by atoms with Crippen LogP contribution in [0.5, 0.6) is 0 Å². The summed E-state index contributed by atoms with van der Waals surface area (Å²) in [4.78, 5) is 30.9. The van der Waals surface area contributed by atoms with E-state index in [-0.39, 0.29) is 6.29 Å². The van der Waals surface area contributed by atoms with Crippen molar-refractivity contribution in [2.24, 2.45) is 0 Å². The Morgan fingerprint density at radius 1 is 0.500 bits per heavy atom. The summed E-state index contributed by atoms with van der Waals surface area (Å²) >= 11 is 0. The minimum Gasteiger partial charge on any atom is -0.394 e. The standard InChI is InChI=1S/3C6H12O6/c3*7-1-3(9)5(11)6(12)4(10)2-8/h2*3,5-9,11-12H,1-2H2;1,3-6,8-12H,2H2. The third kappa shape index (κ3) is 14.8. The van der Waals surface area contributed by atoms with Crippen LogP contribution in [0.3, 0.4) is 0 Å². The van der Waals surface area contributed by atoms with Crippen LogP contribution < -0.4 is 0 Å². The number of carbonyl (C=O) groups is 3. The topological polar surface area (TPSA) is 355 Å². The van der Waals surface area contributed by atoms with E-state index in [1.807, 2.05) is 0 Å². The lowest BCUT2D eigenvalue weighted by molar-refractivity contribution is -0.143. The monoisotopic (exact) mass is 540 g/mol. The van der Waals surface area contributed by atoms with E-state index >= 15 is 0 Å². The van der Waals surface area contributed by atoms with Crippen molar-refractivity contribution in [2.45, 2.75) is 61.0 Å². The van der Waals surface area contributed by atoms with E-state index in [9.17, 15) is 14.4 Å². The molecule has 0 aliphatic carbocycles. The van der Waals surface area contributed by atoms with Gasteiger partial charge in [0.05, 0.1) is 19.8 Å². The fourth-order valence-corrected chi connectivity index (χ4v) is 1.82. The van der Waals surface area contributed by atoms with Crippen LogP contribution >= 0.6 is 0 Å². The molecule has 0 aliphatic heterocycles. The molecule has 0 saturated carbocycles. The molecule has 0 heterocycles. The van der Waals surface area contributed by atoms with Gasteiger partial charge in [-0.15, -0.1) is 0 Å². The van der Waals surface area contributed by atoms with Crippen LogP contribution in [0.4, 0.5) is 0 Å². The molecule has 0 aliphatic rings. The number of Topliss-reactive ketones (excluding diaryl/α,β-unsaturated/α-hetero) is 2. The van der Waals surface area contributed by atoms with Gasteiger partial charge >= 0.3 is 0 Å². The predicted octanol–water partition coefficient (Wildman–Crippen LogP) is -10.1. The molecule has 0 aromatic carbocycles. The first-order chi connectivity index (χ1) is 16.6. The number of aliphatic hydroxyl groups excluding tert-OH is 15. The average Bonchev–Trinajstić information content (AvgIpc) is 2.92. The Balaban J connectivity index is -0.000000454. The number of carbonyl (C=O) groups excluding carboxylic acids is 3. The molecular formula is C18H36O18. The highest BCUT2D eigenvalue weighted by molar-refractivity contribution is 5.84. The Hall–Kier alpha value is -1.59. The molecule has 0 rings (SSSR count). The zero-order valence-corrected chi connectivity index (χ0v) is 18.8. The van der Waals surface area contributed by atoms with Crippen LogP contribution in [0.15, 0.2) is 0 Å². The van der Waals surface area contributed by atoms with Crippen molar-refractivity contribution in [2.75, 3.05) is 33.0 Å². The number of aliphatic hydroxyl groups is 15. The van der Waals surface area contributed by atoms with Gasteiger partial charge in [-0.3, -0.25) is 9.59 Å². The Kier molecular flexibility index (Phi) is 23.2. The van der Waals surface area contributed by atoms with Gasteiger partial charge in [0.25, 0.3) is 0 Å². The Morgan fingerprint density at radius 2 is 0.778 bits per heavy atom. The molecule has 0 bridgehead atoms. The van der Waals surface area contributed by atoms with Gasteiger partial charge < -0.3 is 81.4 Å². The Morgan fingerprint density at radius 3 is 1.00 bits per heavy atom. The van der Waals surface area contributed by atoms with Crippen LogP contribution in [0.25, 0.3) is 0 Å². The number of aldehydes is 1. The number of rotatable bonds is 15. The van der Waals surface area contributed by atoms with Gasteiger partial charge in [0.1, 0.15) is 74.3 Å². The maximum absolute atomic E-state index is 10.5. The van der Waals surface area contributed by atoms with Gasteiger partial charge in [0.15, 0.2) is 17.9 Å². The lowest BCUT2D eigenvalue weighted by Crippen LogP contribution is -2.46. The largest absolute Gasteiger partial charge is 0.394 e. The second-order valence-electron chi connectivity index (χ2n) is 6.98. The third-order valence-electron chi connectivity index (χ3n) is 4.20. The molecule has 0 radical (unpaired) electrons. The molecule has 15 N–H and O–H groups in total. The van der Waals surface area contributed by atoms with Crippen molar-refractivity contribution in [3.05, 3.63) is 0 Å². The molecule has 0 fully saturated rings. The van der Waals surface area contributed by atoms with Gasteiger partial charge in [-0.1, -0.05) is 0 Å². The highest BCUT2D eigenvalue weighted by Crippen LogP contribution is 2.03. The molecule has 0 amide bonds. The Labute approximate surface area is 203 Å². The quantitative estimate of drug-likeness (QED) is 0.0856. The maximum atomic E-state index is 10.5. The second kappa shape index (κ2) is 21.5. The smallest absolute Gasteiger partial charge is 0.189 e. The SMILES string of the molecule is O=C(CO)C(O)C(O)C(O)CO.O=C(CO)C(O)C(O)C(O)CO.O=CC(O)C(O)C(O)C(O)CO. The van der Waals surface area contributed by atoms with Gasteiger partial charge in [0.2, 0.25) is 0 Å². The summed E-state index contributed by atoms with van der Waals surface area (Å²) in [5, 5.41) is 130. The van der Waals surface area contributed by atoms with Crippen molar-refractivity contribution in [3.8, 4) is 0 Å². The van der Waals surface area contributed by atoms with E-state index in [4.69, 9.17) is 76.6 Å². The van der Waals surface area contributed by atoms with E-state index < -0.39 is 106 Å². The maximum Gasteiger partial charge on any atom is 0.189 e. The van der Waals surface area contributed by atoms with Gasteiger partial charge in [-0.05, 0) is 0 Å². The first kappa shape index (κ1) is 38.9. The summed E-state index contributed by atoms with van der Waals surface area (Å²) in [5.74, 6) is -2.01. The van der Waals surface area contributed by atoms with Crippen molar-refractivity contribution >= 4 is 17.9 Å². The molecule has 216 valence electrons. The van der Waals surface area contributed by atoms with Crippen LogP contribution in [0, 0.1) is 0 Å². The summed E-state index contributed by atoms with van der Waals surface area (Å²) in [6, 6.07) is 0. The van der Waals surface area contributed by atoms with Crippen LogP contribution in [0.2, 0.25) is 0 Å². The molecule has 0 spiro atoms. The van der Waals surface area contributed by atoms with E-state index in [0.29, 0.717) is 0 Å². The summed E-state index contributed by atoms with van der Waals surface area (Å²) in [6.07, 6.45) is -17.3. The first-order valence-electron chi connectivity index (χ1n) is 9.98. The zero-order valence-electron chi connectivity index (χ0n) is 18.8. The average molecular weight is 540 g/mol. The highest BCUT2D eigenvalue weighted by Gasteiger charge is 2.30. The second-order valence-corrected chi connectivity index (χ2v) is 6.98. The van der Waals surface area contributed by atoms with E-state index in [0.717, 1.165) is 0 Å². The van der Waals surface area contributed by atoms with E-state index in [1.54, 1.807) is 0 Å². The molecule has 10 unspecified atom stereocenters. The van der Waals surface area contributed by atoms with Crippen LogP contribution in [-0.4, -0.2) is 189 Å². The Bertz CT molecular complexity index is 556. The molecular weight excluding hydrogens is 504 g/mol. The normalized spacial score (nSPS) is 19.3. The van der Waals surface area contributed by atoms with Gasteiger partial charge in [-0.25, -0.2) is 0 Å². The first-order valence-corrected chi connectivity index (χ1v) is 9.98. The van der Waals surface area contributed by atoms with Crippen molar-refractivity contribution in [1.29, 1.82) is 0 Å². The van der Waals surface area contributed by atoms with Crippen LogP contribution in [-0.2, 0) is 14.4 Å². The van der Waals surface area contributed by atoms with Crippen molar-refractivity contribution in [1.82, 2.24) is 0 Å². The van der Waals surface area contributed by atoms with Gasteiger partial charge in [0, 0.05) is 0 Å². The molecule has 18 nitrogen and oxygen atoms in total. The lowest BCUT2D eigenvalue weighted by Gasteiger charge is -2.22. The molecule has 0 saturated heterocycles. The predicted molar refractivity (Wildman–Crippen MR) is 112 cm³/mol.